The summed E-state index contributed by atoms with van der Waals surface area (Å²) in [5.41, 5.74) is 1.75. The fourth-order valence-electron chi connectivity index (χ4n) is 3.51. The normalized spacial score (nSPS) is 11.5. The van der Waals surface area contributed by atoms with Crippen LogP contribution < -0.4 is 15.0 Å². The minimum absolute atomic E-state index is 0.0206. The third kappa shape index (κ3) is 5.62. The van der Waals surface area contributed by atoms with Crippen molar-refractivity contribution in [2.45, 2.75) is 26.4 Å². The Morgan fingerprint density at radius 1 is 1.14 bits per heavy atom. The van der Waals surface area contributed by atoms with Crippen LogP contribution in [-0.4, -0.2) is 23.0 Å². The summed E-state index contributed by atoms with van der Waals surface area (Å²) < 4.78 is 27.6. The molecule has 0 unspecified atom stereocenters. The number of fused-ring (bicyclic) bond motifs is 1. The Bertz CT molecular complexity index is 1490. The Morgan fingerprint density at radius 2 is 1.94 bits per heavy atom. The summed E-state index contributed by atoms with van der Waals surface area (Å²) in [5.74, 6) is 1.16. The third-order valence-corrected chi connectivity index (χ3v) is 6.28. The van der Waals surface area contributed by atoms with Crippen molar-refractivity contribution in [3.8, 4) is 11.5 Å². The molecule has 0 radical (unpaired) electrons. The zero-order valence-corrected chi connectivity index (χ0v) is 22.4. The van der Waals surface area contributed by atoms with Crippen molar-refractivity contribution in [3.63, 3.8) is 0 Å². The van der Waals surface area contributed by atoms with E-state index < -0.39 is 0 Å². The quantitative estimate of drug-likeness (QED) is 0.222. The molecule has 0 fully saturated rings. The van der Waals surface area contributed by atoms with Crippen LogP contribution in [0, 0.1) is 5.82 Å². The molecule has 0 amide bonds. The van der Waals surface area contributed by atoms with E-state index in [2.05, 4.69) is 41.9 Å². The van der Waals surface area contributed by atoms with E-state index in [0.717, 1.165) is 4.47 Å². The highest BCUT2D eigenvalue weighted by Crippen LogP contribution is 2.37. The van der Waals surface area contributed by atoms with E-state index in [1.54, 1.807) is 36.5 Å². The number of benzene rings is 3. The average molecular weight is 603 g/mol. The van der Waals surface area contributed by atoms with E-state index in [1.807, 2.05) is 26.0 Å². The Kier molecular flexibility index (Phi) is 7.66. The number of ether oxygens (including phenoxy) is 2. The minimum atomic E-state index is -0.324. The molecule has 1 heterocycles. The molecule has 0 saturated carbocycles. The second-order valence-electron chi connectivity index (χ2n) is 8.10. The maximum atomic E-state index is 13.5. The zero-order valence-electron chi connectivity index (χ0n) is 19.3. The molecule has 0 aliphatic rings. The molecule has 3 aromatic carbocycles. The van der Waals surface area contributed by atoms with Crippen molar-refractivity contribution >= 4 is 49.0 Å². The smallest absolute Gasteiger partial charge is 0.282 e. The van der Waals surface area contributed by atoms with Crippen LogP contribution in [0.1, 0.15) is 36.7 Å². The zero-order chi connectivity index (χ0) is 25.1. The number of hydrogen-bond acceptors (Lipinski definition) is 5. The van der Waals surface area contributed by atoms with Gasteiger partial charge in [-0.2, -0.15) is 9.78 Å². The summed E-state index contributed by atoms with van der Waals surface area (Å²) >= 11 is 6.93. The number of halogens is 3. The van der Waals surface area contributed by atoms with E-state index in [0.29, 0.717) is 43.8 Å². The lowest BCUT2D eigenvalue weighted by molar-refractivity contribution is 0.282. The first-order valence-electron chi connectivity index (χ1n) is 10.8. The van der Waals surface area contributed by atoms with Gasteiger partial charge in [-0.15, -0.1) is 0 Å². The van der Waals surface area contributed by atoms with Crippen molar-refractivity contribution in [3.05, 3.63) is 96.7 Å². The van der Waals surface area contributed by atoms with E-state index in [-0.39, 0.29) is 23.9 Å². The number of hydrogen-bond donors (Lipinski definition) is 0. The van der Waals surface area contributed by atoms with Crippen LogP contribution in [-0.2, 0) is 6.61 Å². The summed E-state index contributed by atoms with van der Waals surface area (Å²) in [7, 11) is 1.53. The lowest BCUT2D eigenvalue weighted by Gasteiger charge is -2.14. The average Bonchev–Trinajstić information content (AvgIpc) is 2.82. The summed E-state index contributed by atoms with van der Waals surface area (Å²) in [6, 6.07) is 15.2. The second-order valence-corrected chi connectivity index (χ2v) is 9.87. The van der Waals surface area contributed by atoms with Crippen molar-refractivity contribution in [1.29, 1.82) is 0 Å². The molecule has 6 nitrogen and oxygen atoms in total. The number of rotatable bonds is 7. The lowest BCUT2D eigenvalue weighted by atomic mass is 10.2. The first-order chi connectivity index (χ1) is 16.8. The fraction of sp³-hybridized carbons (Fsp3) is 0.192. The maximum Gasteiger partial charge on any atom is 0.282 e. The number of aromatic nitrogens is 2. The van der Waals surface area contributed by atoms with Gasteiger partial charge in [-0.05, 0) is 69.5 Å². The molecule has 35 heavy (non-hydrogen) atoms. The number of methoxy groups -OCH3 is 1. The second kappa shape index (κ2) is 10.7. The van der Waals surface area contributed by atoms with Gasteiger partial charge in [0.05, 0.1) is 28.7 Å². The predicted octanol–water partition coefficient (Wildman–Crippen LogP) is 6.65. The monoisotopic (exact) mass is 601 g/mol. The molecule has 0 spiro atoms. The van der Waals surface area contributed by atoms with Gasteiger partial charge in [-0.3, -0.25) is 4.79 Å². The van der Waals surface area contributed by atoms with E-state index in [4.69, 9.17) is 9.47 Å². The Morgan fingerprint density at radius 3 is 2.66 bits per heavy atom. The molecule has 0 N–H and O–H groups in total. The molecule has 180 valence electrons. The molecule has 0 aliphatic carbocycles. The molecular formula is C26H22Br2FN3O3. The van der Waals surface area contributed by atoms with Crippen molar-refractivity contribution in [1.82, 2.24) is 9.66 Å². The Balaban J connectivity index is 1.69. The van der Waals surface area contributed by atoms with Crippen LogP contribution in [0.5, 0.6) is 11.5 Å². The highest BCUT2D eigenvalue weighted by atomic mass is 79.9. The third-order valence-electron chi connectivity index (χ3n) is 5.20. The highest BCUT2D eigenvalue weighted by Gasteiger charge is 2.15. The minimum Gasteiger partial charge on any atom is -0.493 e. The van der Waals surface area contributed by atoms with Crippen LogP contribution in [0.15, 0.2) is 73.4 Å². The van der Waals surface area contributed by atoms with Gasteiger partial charge in [-0.1, -0.05) is 41.9 Å². The van der Waals surface area contributed by atoms with Gasteiger partial charge in [0.1, 0.15) is 18.2 Å². The van der Waals surface area contributed by atoms with E-state index in [9.17, 15) is 9.18 Å². The Hall–Kier alpha value is -3.04. The van der Waals surface area contributed by atoms with Gasteiger partial charge in [0.2, 0.25) is 0 Å². The van der Waals surface area contributed by atoms with Crippen LogP contribution >= 0.6 is 31.9 Å². The summed E-state index contributed by atoms with van der Waals surface area (Å²) in [6.45, 7) is 4.09. The van der Waals surface area contributed by atoms with Crippen LogP contribution in [0.3, 0.4) is 0 Å². The molecule has 9 heteroatoms. The topological polar surface area (TPSA) is 65.7 Å². The van der Waals surface area contributed by atoms with Crippen LogP contribution in [0.25, 0.3) is 10.9 Å². The standard InChI is InChI=1S/C26H22Br2FN3O3/c1-15(2)25-31-22-8-7-18(27)12-20(22)26(33)32(25)30-13-17-10-21(28)24(23(11-17)34-3)35-14-16-5-4-6-19(29)9-16/h4-13,15H,14H2,1-3H3. The first kappa shape index (κ1) is 25.1. The molecule has 0 saturated heterocycles. The van der Waals surface area contributed by atoms with Gasteiger partial charge >= 0.3 is 0 Å². The van der Waals surface area contributed by atoms with Crippen molar-refractivity contribution in [2.24, 2.45) is 5.10 Å². The molecule has 4 aromatic rings. The molecule has 0 bridgehead atoms. The molecule has 0 aliphatic heterocycles. The largest absolute Gasteiger partial charge is 0.493 e. The maximum absolute atomic E-state index is 13.5. The van der Waals surface area contributed by atoms with E-state index in [1.165, 1.54) is 23.9 Å². The summed E-state index contributed by atoms with van der Waals surface area (Å²) in [4.78, 5) is 17.9. The first-order valence-corrected chi connectivity index (χ1v) is 12.4. The number of nitrogens with zero attached hydrogens (tertiary/aromatic N) is 3. The molecular weight excluding hydrogens is 581 g/mol. The van der Waals surface area contributed by atoms with Crippen LogP contribution in [0.2, 0.25) is 0 Å². The lowest BCUT2D eigenvalue weighted by Crippen LogP contribution is -2.23. The predicted molar refractivity (Wildman–Crippen MR) is 142 cm³/mol. The van der Waals surface area contributed by atoms with E-state index >= 15 is 0 Å². The van der Waals surface area contributed by atoms with Crippen LogP contribution in [0.4, 0.5) is 4.39 Å². The SMILES string of the molecule is COc1cc(C=Nn2c(C(C)C)nc3ccc(Br)cc3c2=O)cc(Br)c1OCc1cccc(F)c1. The highest BCUT2D eigenvalue weighted by molar-refractivity contribution is 9.10. The van der Waals surface area contributed by atoms with Crippen molar-refractivity contribution in [2.75, 3.05) is 7.11 Å². The molecule has 4 rings (SSSR count). The van der Waals surface area contributed by atoms with Crippen molar-refractivity contribution < 1.29 is 13.9 Å². The molecule has 0 atom stereocenters. The fourth-order valence-corrected chi connectivity index (χ4v) is 4.45. The van der Waals surface area contributed by atoms with Gasteiger partial charge in [0, 0.05) is 10.4 Å². The van der Waals surface area contributed by atoms with Gasteiger partial charge in [0.25, 0.3) is 5.56 Å². The van der Waals surface area contributed by atoms with Gasteiger partial charge in [-0.25, -0.2) is 9.37 Å². The van der Waals surface area contributed by atoms with Gasteiger partial charge < -0.3 is 9.47 Å². The molecule has 1 aromatic heterocycles. The summed E-state index contributed by atoms with van der Waals surface area (Å²) in [6.07, 6.45) is 1.57. The van der Waals surface area contributed by atoms with Gasteiger partial charge in [0.15, 0.2) is 11.5 Å². The Labute approximate surface area is 218 Å². The summed E-state index contributed by atoms with van der Waals surface area (Å²) in [5, 5.41) is 4.94.